The van der Waals surface area contributed by atoms with Gasteiger partial charge in [0.05, 0.1) is 0 Å². The zero-order valence-corrected chi connectivity index (χ0v) is 21.0. The van der Waals surface area contributed by atoms with Crippen LogP contribution >= 0.6 is 0 Å². The van der Waals surface area contributed by atoms with Gasteiger partial charge in [0, 0.05) is 35.4 Å². The first kappa shape index (κ1) is 33.3. The largest absolute Gasteiger partial charge is 0.381 e. The Morgan fingerprint density at radius 2 is 1.71 bits per heavy atom. The smallest absolute Gasteiger partial charge is 0.0468 e. The number of aromatic amines is 1. The Labute approximate surface area is 192 Å². The Morgan fingerprint density at radius 1 is 1.13 bits per heavy atom. The topological polar surface area (TPSA) is 91.9 Å². The van der Waals surface area contributed by atoms with Gasteiger partial charge in [-0.1, -0.05) is 57.7 Å². The molecule has 31 heavy (non-hydrogen) atoms. The number of aryl methyl sites for hydroxylation is 1. The van der Waals surface area contributed by atoms with Crippen molar-refractivity contribution in [2.75, 3.05) is 27.2 Å². The van der Waals surface area contributed by atoms with E-state index in [2.05, 4.69) is 79.7 Å². The highest BCUT2D eigenvalue weighted by molar-refractivity contribution is 5.82. The highest BCUT2D eigenvalue weighted by atomic mass is 15.0. The van der Waals surface area contributed by atoms with E-state index in [9.17, 15) is 0 Å². The quantitative estimate of drug-likeness (QED) is 0.350. The summed E-state index contributed by atoms with van der Waals surface area (Å²) in [4.78, 5) is 3.19. The van der Waals surface area contributed by atoms with Gasteiger partial charge < -0.3 is 27.1 Å². The van der Waals surface area contributed by atoms with Gasteiger partial charge in [-0.15, -0.1) is 13.2 Å². The highest BCUT2D eigenvalue weighted by Crippen LogP contribution is 2.15. The molecule has 5 nitrogen and oxygen atoms in total. The molecule has 0 saturated carbocycles. The van der Waals surface area contributed by atoms with Crippen LogP contribution in [0.4, 0.5) is 0 Å². The SMILES string of the molecule is C=C.C=C(CNC)NC(CCCN)C(=C)CC.CC.CN.Cc1c[nH]c2ccccc12. The fraction of sp³-hybridized carbons (Fsp3) is 0.462. The Bertz CT molecular complexity index is 675. The van der Waals surface area contributed by atoms with Crippen molar-refractivity contribution in [2.45, 2.75) is 53.0 Å². The Kier molecular flexibility index (Phi) is 25.7. The summed E-state index contributed by atoms with van der Waals surface area (Å²) in [5.74, 6) is 0. The number of rotatable bonds is 9. The number of para-hydroxylation sites is 1. The normalized spacial score (nSPS) is 9.81. The van der Waals surface area contributed by atoms with Crippen molar-refractivity contribution in [3.8, 4) is 0 Å². The summed E-state index contributed by atoms with van der Waals surface area (Å²) in [7, 11) is 3.41. The molecular weight excluding hydrogens is 382 g/mol. The zero-order chi connectivity index (χ0) is 24.7. The maximum absolute atomic E-state index is 5.52. The van der Waals surface area contributed by atoms with Gasteiger partial charge in [-0.3, -0.25) is 0 Å². The minimum atomic E-state index is 0.319. The lowest BCUT2D eigenvalue weighted by Crippen LogP contribution is -2.33. The number of hydrogen-bond acceptors (Lipinski definition) is 4. The van der Waals surface area contributed by atoms with Crippen molar-refractivity contribution in [3.05, 3.63) is 73.6 Å². The predicted molar refractivity (Wildman–Crippen MR) is 143 cm³/mol. The van der Waals surface area contributed by atoms with Crippen molar-refractivity contribution in [1.29, 1.82) is 0 Å². The molecule has 1 unspecified atom stereocenters. The number of likely N-dealkylation sites (N-methyl/N-ethyl adjacent to an activating group) is 1. The molecule has 2 aromatic rings. The number of benzene rings is 1. The average molecular weight is 432 g/mol. The third-order valence-corrected chi connectivity index (χ3v) is 4.21. The number of H-pyrrole nitrogens is 1. The zero-order valence-electron chi connectivity index (χ0n) is 21.0. The number of aromatic nitrogens is 1. The van der Waals surface area contributed by atoms with E-state index >= 15 is 0 Å². The molecule has 0 spiro atoms. The van der Waals surface area contributed by atoms with Gasteiger partial charge in [0.1, 0.15) is 0 Å². The molecular formula is C26H49N5. The van der Waals surface area contributed by atoms with Gasteiger partial charge in [-0.05, 0) is 58.5 Å². The Hall–Kier alpha value is -2.34. The summed E-state index contributed by atoms with van der Waals surface area (Å²) in [6.07, 6.45) is 5.08. The second kappa shape index (κ2) is 23.9. The molecule has 178 valence electrons. The van der Waals surface area contributed by atoms with Crippen LogP contribution in [0.15, 0.2) is 68.0 Å². The van der Waals surface area contributed by atoms with E-state index in [0.717, 1.165) is 38.0 Å². The van der Waals surface area contributed by atoms with Crippen LogP contribution in [0.5, 0.6) is 0 Å². The summed E-state index contributed by atoms with van der Waals surface area (Å²) in [6, 6.07) is 8.63. The molecule has 7 N–H and O–H groups in total. The minimum Gasteiger partial charge on any atom is -0.381 e. The molecule has 1 heterocycles. The van der Waals surface area contributed by atoms with Crippen LogP contribution in [0.1, 0.15) is 45.6 Å². The Morgan fingerprint density at radius 3 is 2.19 bits per heavy atom. The van der Waals surface area contributed by atoms with E-state index in [1.807, 2.05) is 33.2 Å². The van der Waals surface area contributed by atoms with Crippen molar-refractivity contribution < 1.29 is 0 Å². The summed E-state index contributed by atoms with van der Waals surface area (Å²) < 4.78 is 0. The molecule has 2 rings (SSSR count). The molecule has 0 aliphatic rings. The third kappa shape index (κ3) is 15.2. The predicted octanol–water partition coefficient (Wildman–Crippen LogP) is 5.26. The molecule has 1 atom stereocenters. The third-order valence-electron chi connectivity index (χ3n) is 4.21. The van der Waals surface area contributed by atoms with E-state index in [4.69, 9.17) is 5.73 Å². The van der Waals surface area contributed by atoms with Gasteiger partial charge in [0.15, 0.2) is 0 Å². The molecule has 0 fully saturated rings. The number of hydrogen-bond donors (Lipinski definition) is 5. The van der Waals surface area contributed by atoms with Gasteiger partial charge in [0.25, 0.3) is 0 Å². The van der Waals surface area contributed by atoms with Gasteiger partial charge in [-0.25, -0.2) is 0 Å². The van der Waals surface area contributed by atoms with Crippen molar-refractivity contribution in [1.82, 2.24) is 15.6 Å². The summed E-state index contributed by atoms with van der Waals surface area (Å²) in [5.41, 5.74) is 14.8. The van der Waals surface area contributed by atoms with Crippen molar-refractivity contribution >= 4 is 10.9 Å². The second-order valence-corrected chi connectivity index (χ2v) is 6.29. The van der Waals surface area contributed by atoms with E-state index in [1.165, 1.54) is 29.1 Å². The van der Waals surface area contributed by atoms with Crippen LogP contribution in [-0.4, -0.2) is 38.2 Å². The molecule has 0 amide bonds. The monoisotopic (exact) mass is 431 g/mol. The molecule has 0 aliphatic heterocycles. The maximum atomic E-state index is 5.52. The van der Waals surface area contributed by atoms with Gasteiger partial charge in [-0.2, -0.15) is 0 Å². The van der Waals surface area contributed by atoms with Gasteiger partial charge in [0.2, 0.25) is 0 Å². The number of nitrogens with one attached hydrogen (secondary N) is 3. The van der Waals surface area contributed by atoms with Crippen molar-refractivity contribution in [3.63, 3.8) is 0 Å². The lowest BCUT2D eigenvalue weighted by atomic mass is 10.0. The van der Waals surface area contributed by atoms with E-state index < -0.39 is 0 Å². The number of fused-ring (bicyclic) bond motifs is 1. The van der Waals surface area contributed by atoms with Gasteiger partial charge >= 0.3 is 0 Å². The summed E-state index contributed by atoms with van der Waals surface area (Å²) in [5, 5.41) is 7.78. The standard InChI is InChI=1S/C12H25N3.C9H9N.C2H6.C2H4.CH5N/c1-5-10(2)12(7-6-8-13)15-11(3)9-14-4;1-7-6-10-9-5-3-2-4-8(7)9;3*1-2/h12,14-15H,2-3,5-9,13H2,1,4H3;2-6,10H,1H3;1-2H3;1-2H2;2H2,1H3. The summed E-state index contributed by atoms with van der Waals surface area (Å²) in [6.45, 7) is 23.8. The average Bonchev–Trinajstić information content (AvgIpc) is 3.21. The molecule has 0 saturated heterocycles. The van der Waals surface area contributed by atoms with Crippen LogP contribution in [0.2, 0.25) is 0 Å². The fourth-order valence-electron chi connectivity index (χ4n) is 2.67. The molecule has 5 heteroatoms. The maximum Gasteiger partial charge on any atom is 0.0468 e. The molecule has 1 aromatic heterocycles. The highest BCUT2D eigenvalue weighted by Gasteiger charge is 2.10. The lowest BCUT2D eigenvalue weighted by molar-refractivity contribution is 0.549. The van der Waals surface area contributed by atoms with E-state index in [0.29, 0.717) is 6.04 Å². The van der Waals surface area contributed by atoms with Crippen molar-refractivity contribution in [2.24, 2.45) is 11.5 Å². The van der Waals surface area contributed by atoms with E-state index in [-0.39, 0.29) is 0 Å². The first-order valence-electron chi connectivity index (χ1n) is 11.1. The fourth-order valence-corrected chi connectivity index (χ4v) is 2.67. The first-order chi connectivity index (χ1) is 15.0. The molecule has 1 aromatic carbocycles. The lowest BCUT2D eigenvalue weighted by Gasteiger charge is -2.22. The van der Waals surface area contributed by atoms with Crippen LogP contribution in [0, 0.1) is 6.92 Å². The van der Waals surface area contributed by atoms with Crippen LogP contribution in [0.3, 0.4) is 0 Å². The van der Waals surface area contributed by atoms with E-state index in [1.54, 1.807) is 0 Å². The Balaban J connectivity index is -0.000000421. The molecule has 0 bridgehead atoms. The summed E-state index contributed by atoms with van der Waals surface area (Å²) >= 11 is 0. The van der Waals surface area contributed by atoms with Crippen LogP contribution < -0.4 is 22.1 Å². The minimum absolute atomic E-state index is 0.319. The molecule has 0 aliphatic carbocycles. The second-order valence-electron chi connectivity index (χ2n) is 6.29. The molecule has 0 radical (unpaired) electrons. The van der Waals surface area contributed by atoms with Crippen LogP contribution in [-0.2, 0) is 0 Å². The van der Waals surface area contributed by atoms with Crippen LogP contribution in [0.25, 0.3) is 10.9 Å². The first-order valence-corrected chi connectivity index (χ1v) is 11.1. The number of nitrogens with two attached hydrogens (primary N) is 2.